The summed E-state index contributed by atoms with van der Waals surface area (Å²) in [6.07, 6.45) is -4.46. The molecule has 4 nitrogen and oxygen atoms in total. The number of hydrogen-bond acceptors (Lipinski definition) is 4. The maximum absolute atomic E-state index is 12.8. The minimum atomic E-state index is -4.46. The second-order valence-electron chi connectivity index (χ2n) is 4.99. The Kier molecular flexibility index (Phi) is 5.57. The van der Waals surface area contributed by atoms with E-state index in [0.29, 0.717) is 5.75 Å². The molecule has 0 radical (unpaired) electrons. The van der Waals surface area contributed by atoms with Crippen molar-refractivity contribution in [1.29, 1.82) is 0 Å². The largest absolute Gasteiger partial charge is 0.491 e. The maximum Gasteiger partial charge on any atom is 0.419 e. The summed E-state index contributed by atoms with van der Waals surface area (Å²) in [5, 5.41) is 5.76. The summed E-state index contributed by atoms with van der Waals surface area (Å²) in [6.45, 7) is 1.66. The van der Waals surface area contributed by atoms with Gasteiger partial charge in [-0.25, -0.2) is 0 Å². The van der Waals surface area contributed by atoms with Gasteiger partial charge in [0, 0.05) is 11.6 Å². The number of carbonyl (C=O) groups excluding carboxylic acids is 1. The van der Waals surface area contributed by atoms with E-state index in [1.165, 1.54) is 18.2 Å². The summed E-state index contributed by atoms with van der Waals surface area (Å²) in [7, 11) is 0. The lowest BCUT2D eigenvalue weighted by atomic mass is 10.2. The van der Waals surface area contributed by atoms with Crippen LogP contribution in [0.1, 0.15) is 12.5 Å². The number of halogens is 3. The zero-order chi connectivity index (χ0) is 16.2. The molecule has 1 aliphatic heterocycles. The van der Waals surface area contributed by atoms with Crippen molar-refractivity contribution >= 4 is 17.7 Å². The van der Waals surface area contributed by atoms with Gasteiger partial charge in [0.05, 0.1) is 17.6 Å². The first-order chi connectivity index (χ1) is 10.4. The van der Waals surface area contributed by atoms with Gasteiger partial charge in [-0.1, -0.05) is 12.1 Å². The van der Waals surface area contributed by atoms with E-state index in [9.17, 15) is 18.0 Å². The maximum atomic E-state index is 12.8. The van der Waals surface area contributed by atoms with Crippen molar-refractivity contribution in [2.24, 2.45) is 0 Å². The van der Waals surface area contributed by atoms with Gasteiger partial charge in [-0.05, 0) is 19.1 Å². The van der Waals surface area contributed by atoms with E-state index in [1.807, 2.05) is 0 Å². The molecule has 2 rings (SSSR count). The summed E-state index contributed by atoms with van der Waals surface area (Å²) >= 11 is 1.62. The fourth-order valence-electron chi connectivity index (χ4n) is 1.99. The van der Waals surface area contributed by atoms with Crippen LogP contribution in [-0.4, -0.2) is 36.2 Å². The number of carbonyl (C=O) groups is 1. The molecule has 8 heteroatoms. The van der Waals surface area contributed by atoms with Crippen LogP contribution in [0.2, 0.25) is 0 Å². The molecule has 1 amide bonds. The van der Waals surface area contributed by atoms with Gasteiger partial charge < -0.3 is 10.1 Å². The molecule has 1 aromatic rings. The van der Waals surface area contributed by atoms with Crippen LogP contribution in [0, 0.1) is 0 Å². The number of rotatable bonds is 5. The first kappa shape index (κ1) is 17.0. The molecule has 2 atom stereocenters. The van der Waals surface area contributed by atoms with Gasteiger partial charge >= 0.3 is 6.18 Å². The zero-order valence-electron chi connectivity index (χ0n) is 11.9. The molecular formula is C14H17F3N2O2S. The monoisotopic (exact) mass is 334 g/mol. The second-order valence-corrected chi connectivity index (χ2v) is 6.02. The molecule has 0 aromatic heterocycles. The van der Waals surface area contributed by atoms with Crippen LogP contribution >= 0.6 is 11.8 Å². The SMILES string of the molecule is CC(COc1ccccc1C(F)(F)F)NC(=O)C1CSCN1. The number of thioether (sulfide) groups is 1. The molecule has 0 spiro atoms. The van der Waals surface area contributed by atoms with Crippen LogP contribution in [0.4, 0.5) is 13.2 Å². The zero-order valence-corrected chi connectivity index (χ0v) is 12.8. The number of hydrogen-bond donors (Lipinski definition) is 2. The van der Waals surface area contributed by atoms with Gasteiger partial charge in [0.25, 0.3) is 0 Å². The third-order valence-electron chi connectivity index (χ3n) is 3.10. The Bertz CT molecular complexity index is 519. The Morgan fingerprint density at radius 3 is 2.86 bits per heavy atom. The fraction of sp³-hybridized carbons (Fsp3) is 0.500. The summed E-state index contributed by atoms with van der Waals surface area (Å²) < 4.78 is 43.7. The van der Waals surface area contributed by atoms with Crippen LogP contribution in [-0.2, 0) is 11.0 Å². The van der Waals surface area contributed by atoms with E-state index in [2.05, 4.69) is 10.6 Å². The van der Waals surface area contributed by atoms with Crippen molar-refractivity contribution in [3.8, 4) is 5.75 Å². The molecule has 122 valence electrons. The normalized spacial score (nSPS) is 19.7. The van der Waals surface area contributed by atoms with Crippen LogP contribution in [0.25, 0.3) is 0 Å². The number of benzene rings is 1. The highest BCUT2D eigenvalue weighted by Gasteiger charge is 2.34. The van der Waals surface area contributed by atoms with Crippen LogP contribution in [0.3, 0.4) is 0 Å². The number of ether oxygens (including phenoxy) is 1. The topological polar surface area (TPSA) is 50.4 Å². The van der Waals surface area contributed by atoms with Gasteiger partial charge in [0.1, 0.15) is 12.4 Å². The number of nitrogens with one attached hydrogen (secondary N) is 2. The number of alkyl halides is 3. The van der Waals surface area contributed by atoms with Crippen molar-refractivity contribution < 1.29 is 22.7 Å². The highest BCUT2D eigenvalue weighted by Crippen LogP contribution is 2.35. The standard InChI is InChI=1S/C14H17F3N2O2S/c1-9(19-13(20)11-7-22-8-18-11)6-21-12-5-3-2-4-10(12)14(15,16)17/h2-5,9,11,18H,6-8H2,1H3,(H,19,20). The Morgan fingerprint density at radius 1 is 1.50 bits per heavy atom. The molecule has 1 heterocycles. The smallest absolute Gasteiger partial charge is 0.419 e. The molecule has 1 fully saturated rings. The van der Waals surface area contributed by atoms with E-state index in [-0.39, 0.29) is 30.3 Å². The van der Waals surface area contributed by atoms with Gasteiger partial charge in [-0.3, -0.25) is 10.1 Å². The lowest BCUT2D eigenvalue weighted by Crippen LogP contribution is -2.47. The van der Waals surface area contributed by atoms with Crippen molar-refractivity contribution in [3.05, 3.63) is 29.8 Å². The van der Waals surface area contributed by atoms with E-state index in [0.717, 1.165) is 11.9 Å². The minimum Gasteiger partial charge on any atom is -0.491 e. The summed E-state index contributed by atoms with van der Waals surface area (Å²) in [6, 6.07) is 4.39. The van der Waals surface area contributed by atoms with Gasteiger partial charge in [-0.15, -0.1) is 11.8 Å². The molecule has 1 aromatic carbocycles. The molecule has 2 unspecified atom stereocenters. The highest BCUT2D eigenvalue weighted by molar-refractivity contribution is 7.99. The van der Waals surface area contributed by atoms with Crippen molar-refractivity contribution in [2.75, 3.05) is 18.2 Å². The lowest BCUT2D eigenvalue weighted by Gasteiger charge is -2.19. The Morgan fingerprint density at radius 2 is 2.23 bits per heavy atom. The van der Waals surface area contributed by atoms with Crippen molar-refractivity contribution in [2.45, 2.75) is 25.2 Å². The number of amides is 1. The molecule has 2 N–H and O–H groups in total. The van der Waals surface area contributed by atoms with Gasteiger partial charge in [0.2, 0.25) is 5.91 Å². The number of para-hydroxylation sites is 1. The third kappa shape index (κ3) is 4.54. The average molecular weight is 334 g/mol. The lowest BCUT2D eigenvalue weighted by molar-refractivity contribution is -0.139. The summed E-state index contributed by atoms with van der Waals surface area (Å²) in [4.78, 5) is 11.9. The van der Waals surface area contributed by atoms with Crippen LogP contribution in [0.5, 0.6) is 5.75 Å². The van der Waals surface area contributed by atoms with Gasteiger partial charge in [-0.2, -0.15) is 13.2 Å². The Hall–Kier alpha value is -1.41. The van der Waals surface area contributed by atoms with E-state index >= 15 is 0 Å². The molecule has 0 aliphatic carbocycles. The van der Waals surface area contributed by atoms with Crippen LogP contribution in [0.15, 0.2) is 24.3 Å². The fourth-order valence-corrected chi connectivity index (χ4v) is 2.93. The highest BCUT2D eigenvalue weighted by atomic mass is 32.2. The first-order valence-electron chi connectivity index (χ1n) is 6.78. The van der Waals surface area contributed by atoms with E-state index < -0.39 is 11.7 Å². The second kappa shape index (κ2) is 7.23. The predicted molar refractivity (Wildman–Crippen MR) is 78.8 cm³/mol. The first-order valence-corrected chi connectivity index (χ1v) is 7.94. The average Bonchev–Trinajstić information content (AvgIpc) is 2.98. The van der Waals surface area contributed by atoms with E-state index in [1.54, 1.807) is 18.7 Å². The molecule has 1 saturated heterocycles. The van der Waals surface area contributed by atoms with Crippen molar-refractivity contribution in [3.63, 3.8) is 0 Å². The molecule has 0 saturated carbocycles. The molecule has 1 aliphatic rings. The Balaban J connectivity index is 1.88. The molecule has 0 bridgehead atoms. The van der Waals surface area contributed by atoms with Crippen molar-refractivity contribution in [1.82, 2.24) is 10.6 Å². The quantitative estimate of drug-likeness (QED) is 0.867. The van der Waals surface area contributed by atoms with Crippen LogP contribution < -0.4 is 15.4 Å². The molecule has 22 heavy (non-hydrogen) atoms. The van der Waals surface area contributed by atoms with Gasteiger partial charge in [0.15, 0.2) is 0 Å². The van der Waals surface area contributed by atoms with E-state index in [4.69, 9.17) is 4.74 Å². The third-order valence-corrected chi connectivity index (χ3v) is 4.04. The predicted octanol–water partition coefficient (Wildman–Crippen LogP) is 2.25. The summed E-state index contributed by atoms with van der Waals surface area (Å²) in [5.74, 6) is 1.02. The molecular weight excluding hydrogens is 317 g/mol. The minimum absolute atomic E-state index is 0.0291. The Labute approximate surface area is 130 Å². The summed E-state index contributed by atoms with van der Waals surface area (Å²) in [5.41, 5.74) is -0.817.